The molecule has 0 bridgehead atoms. The molecule has 1 aromatic heterocycles. The molecule has 0 unspecified atom stereocenters. The Bertz CT molecular complexity index is 616. The molecule has 1 aromatic carbocycles. The van der Waals surface area contributed by atoms with E-state index in [4.69, 9.17) is 4.74 Å². The minimum atomic E-state index is -0.643. The highest BCUT2D eigenvalue weighted by molar-refractivity contribution is 5.40. The Morgan fingerprint density at radius 2 is 1.82 bits per heavy atom. The lowest BCUT2D eigenvalue weighted by atomic mass is 9.86. The molecular formula is C17H24F2N2O. The first-order valence-electron chi connectivity index (χ1n) is 7.38. The molecule has 1 heterocycles. The molecule has 0 spiro atoms. The van der Waals surface area contributed by atoms with Crippen LogP contribution in [0.5, 0.6) is 5.75 Å². The highest BCUT2D eigenvalue weighted by atomic mass is 19.1. The molecule has 0 aliphatic carbocycles. The summed E-state index contributed by atoms with van der Waals surface area (Å²) in [6, 6.07) is 3.91. The van der Waals surface area contributed by atoms with E-state index in [9.17, 15) is 8.78 Å². The van der Waals surface area contributed by atoms with E-state index in [0.717, 1.165) is 11.8 Å². The maximum absolute atomic E-state index is 14.0. The van der Waals surface area contributed by atoms with Crippen LogP contribution in [-0.4, -0.2) is 9.78 Å². The van der Waals surface area contributed by atoms with Gasteiger partial charge in [-0.05, 0) is 11.5 Å². The standard InChI is InChI=1S/C15H18F2N2O.C2H6/c1-15(2,3)14-12(17)7-10(16)8-13(14)20-9-11-5-6-18-19(11)4;1-2/h5-8H,9H2,1-4H3;1-2H3. The lowest BCUT2D eigenvalue weighted by Crippen LogP contribution is -2.16. The quantitative estimate of drug-likeness (QED) is 0.828. The van der Waals surface area contributed by atoms with E-state index in [2.05, 4.69) is 5.10 Å². The Hall–Kier alpha value is -1.91. The third-order valence-corrected chi connectivity index (χ3v) is 3.07. The maximum Gasteiger partial charge on any atom is 0.133 e. The van der Waals surface area contributed by atoms with E-state index in [1.54, 1.807) is 24.0 Å². The van der Waals surface area contributed by atoms with Crippen LogP contribution in [-0.2, 0) is 19.1 Å². The van der Waals surface area contributed by atoms with Crippen LogP contribution in [0.2, 0.25) is 0 Å². The lowest BCUT2D eigenvalue weighted by molar-refractivity contribution is 0.282. The van der Waals surface area contributed by atoms with Crippen LogP contribution < -0.4 is 4.74 Å². The molecule has 0 saturated heterocycles. The number of ether oxygens (including phenoxy) is 1. The van der Waals surface area contributed by atoms with Gasteiger partial charge in [-0.15, -0.1) is 0 Å². The molecule has 0 radical (unpaired) electrons. The monoisotopic (exact) mass is 310 g/mol. The first-order chi connectivity index (χ1) is 10.3. The van der Waals surface area contributed by atoms with Gasteiger partial charge in [0.2, 0.25) is 0 Å². The molecule has 0 amide bonds. The second-order valence-corrected chi connectivity index (χ2v) is 5.75. The molecule has 5 heteroatoms. The lowest BCUT2D eigenvalue weighted by Gasteiger charge is -2.23. The van der Waals surface area contributed by atoms with Gasteiger partial charge in [0.1, 0.15) is 24.0 Å². The van der Waals surface area contributed by atoms with E-state index in [0.29, 0.717) is 5.56 Å². The largest absolute Gasteiger partial charge is 0.487 e. The minimum absolute atomic E-state index is 0.211. The maximum atomic E-state index is 14.0. The number of rotatable bonds is 3. The van der Waals surface area contributed by atoms with Crippen LogP contribution in [0.1, 0.15) is 45.9 Å². The summed E-state index contributed by atoms with van der Waals surface area (Å²) in [5, 5.41) is 4.02. The summed E-state index contributed by atoms with van der Waals surface area (Å²) in [6.07, 6.45) is 1.65. The number of aromatic nitrogens is 2. The van der Waals surface area contributed by atoms with Crippen molar-refractivity contribution in [1.82, 2.24) is 9.78 Å². The SMILES string of the molecule is CC.Cn1nccc1COc1cc(F)cc(F)c1C(C)(C)C. The van der Waals surface area contributed by atoms with Crippen LogP contribution in [0, 0.1) is 11.6 Å². The zero-order valence-electron chi connectivity index (χ0n) is 14.1. The Labute approximate surface area is 130 Å². The average Bonchev–Trinajstić information content (AvgIpc) is 2.81. The van der Waals surface area contributed by atoms with E-state index in [1.807, 2.05) is 34.6 Å². The summed E-state index contributed by atoms with van der Waals surface area (Å²) >= 11 is 0. The summed E-state index contributed by atoms with van der Waals surface area (Å²) in [5.41, 5.74) is 0.732. The zero-order chi connectivity index (χ0) is 16.9. The van der Waals surface area contributed by atoms with Crippen molar-refractivity contribution in [3.63, 3.8) is 0 Å². The van der Waals surface area contributed by atoms with Gasteiger partial charge in [-0.1, -0.05) is 34.6 Å². The van der Waals surface area contributed by atoms with E-state index in [1.165, 1.54) is 6.07 Å². The molecule has 0 fully saturated rings. The summed E-state index contributed by atoms with van der Waals surface area (Å²) in [5.74, 6) is -0.996. The van der Waals surface area contributed by atoms with Gasteiger partial charge >= 0.3 is 0 Å². The van der Waals surface area contributed by atoms with Crippen molar-refractivity contribution in [3.05, 3.63) is 47.3 Å². The highest BCUT2D eigenvalue weighted by Gasteiger charge is 2.24. The molecule has 0 saturated carbocycles. The van der Waals surface area contributed by atoms with Gasteiger partial charge in [-0.25, -0.2) is 8.78 Å². The molecule has 0 aliphatic heterocycles. The molecule has 122 valence electrons. The van der Waals surface area contributed by atoms with Crippen molar-refractivity contribution in [3.8, 4) is 5.75 Å². The molecule has 3 nitrogen and oxygen atoms in total. The highest BCUT2D eigenvalue weighted by Crippen LogP contribution is 2.34. The third-order valence-electron chi connectivity index (χ3n) is 3.07. The topological polar surface area (TPSA) is 27.1 Å². The van der Waals surface area contributed by atoms with Crippen molar-refractivity contribution in [2.45, 2.75) is 46.6 Å². The summed E-state index contributed by atoms with van der Waals surface area (Å²) < 4.78 is 34.7. The smallest absolute Gasteiger partial charge is 0.133 e. The number of hydrogen-bond donors (Lipinski definition) is 0. The molecular weight excluding hydrogens is 286 g/mol. The first kappa shape index (κ1) is 18.1. The molecule has 22 heavy (non-hydrogen) atoms. The summed E-state index contributed by atoms with van der Waals surface area (Å²) in [6.45, 7) is 9.79. The summed E-state index contributed by atoms with van der Waals surface area (Å²) in [4.78, 5) is 0. The number of benzene rings is 1. The van der Waals surface area contributed by atoms with Gasteiger partial charge < -0.3 is 4.74 Å². The predicted molar refractivity (Wildman–Crippen MR) is 83.9 cm³/mol. The molecule has 0 atom stereocenters. The van der Waals surface area contributed by atoms with Crippen LogP contribution in [0.4, 0.5) is 8.78 Å². The van der Waals surface area contributed by atoms with Gasteiger partial charge in [0.05, 0.1) is 5.69 Å². The van der Waals surface area contributed by atoms with Crippen molar-refractivity contribution in [1.29, 1.82) is 0 Å². The fourth-order valence-corrected chi connectivity index (χ4v) is 2.09. The normalized spacial score (nSPS) is 10.9. The fourth-order valence-electron chi connectivity index (χ4n) is 2.09. The van der Waals surface area contributed by atoms with Crippen molar-refractivity contribution < 1.29 is 13.5 Å². The van der Waals surface area contributed by atoms with E-state index in [-0.39, 0.29) is 12.4 Å². The summed E-state index contributed by atoms with van der Waals surface area (Å²) in [7, 11) is 1.79. The Morgan fingerprint density at radius 3 is 2.32 bits per heavy atom. The Kier molecular flexibility index (Phi) is 6.09. The zero-order valence-corrected chi connectivity index (χ0v) is 14.1. The second-order valence-electron chi connectivity index (χ2n) is 5.75. The van der Waals surface area contributed by atoms with Gasteiger partial charge in [-0.3, -0.25) is 4.68 Å². The number of hydrogen-bond acceptors (Lipinski definition) is 2. The van der Waals surface area contributed by atoms with Crippen LogP contribution in [0.3, 0.4) is 0 Å². The van der Waals surface area contributed by atoms with Crippen LogP contribution in [0.25, 0.3) is 0 Å². The fraction of sp³-hybridized carbons (Fsp3) is 0.471. The van der Waals surface area contributed by atoms with E-state index < -0.39 is 17.0 Å². The Morgan fingerprint density at radius 1 is 1.18 bits per heavy atom. The second kappa shape index (κ2) is 7.38. The molecule has 2 aromatic rings. The van der Waals surface area contributed by atoms with E-state index >= 15 is 0 Å². The van der Waals surface area contributed by atoms with Gasteiger partial charge in [0.15, 0.2) is 0 Å². The number of aryl methyl sites for hydroxylation is 1. The molecule has 0 aliphatic rings. The van der Waals surface area contributed by atoms with Gasteiger partial charge in [-0.2, -0.15) is 5.10 Å². The van der Waals surface area contributed by atoms with Crippen LogP contribution >= 0.6 is 0 Å². The number of nitrogens with zero attached hydrogens (tertiary/aromatic N) is 2. The third kappa shape index (κ3) is 4.29. The molecule has 2 rings (SSSR count). The van der Waals surface area contributed by atoms with Crippen molar-refractivity contribution in [2.75, 3.05) is 0 Å². The number of halogens is 2. The minimum Gasteiger partial charge on any atom is -0.487 e. The van der Waals surface area contributed by atoms with Gasteiger partial charge in [0, 0.05) is 30.9 Å². The van der Waals surface area contributed by atoms with Crippen molar-refractivity contribution in [2.24, 2.45) is 7.05 Å². The van der Waals surface area contributed by atoms with Gasteiger partial charge in [0.25, 0.3) is 0 Å². The van der Waals surface area contributed by atoms with Crippen LogP contribution in [0.15, 0.2) is 24.4 Å². The first-order valence-corrected chi connectivity index (χ1v) is 7.38. The molecule has 0 N–H and O–H groups in total. The van der Waals surface area contributed by atoms with Crippen molar-refractivity contribution >= 4 is 0 Å². The predicted octanol–water partition coefficient (Wildman–Crippen LogP) is 4.60. The Balaban J connectivity index is 0.00000116. The average molecular weight is 310 g/mol.